The van der Waals surface area contributed by atoms with Gasteiger partial charge in [0, 0.05) is 32.7 Å². The maximum atomic E-state index is 11.7. The molecule has 0 bridgehead atoms. The molecule has 0 heterocycles. The van der Waals surface area contributed by atoms with Gasteiger partial charge in [-0.15, -0.1) is 0 Å². The molecular formula is C18H27O2Y-. The Morgan fingerprint density at radius 2 is 1.86 bits per heavy atom. The molecule has 1 rings (SSSR count). The van der Waals surface area contributed by atoms with Crippen LogP contribution in [0.5, 0.6) is 0 Å². The van der Waals surface area contributed by atoms with Gasteiger partial charge in [0.25, 0.3) is 5.97 Å². The molecule has 0 amide bonds. The molecule has 0 aliphatic heterocycles. The van der Waals surface area contributed by atoms with Gasteiger partial charge >= 0.3 is 0 Å². The Labute approximate surface area is 154 Å². The molecule has 0 spiro atoms. The number of ether oxygens (including phenoxy) is 1. The van der Waals surface area contributed by atoms with Gasteiger partial charge in [-0.05, 0) is 30.2 Å². The molecule has 1 aromatic carbocycles. The predicted molar refractivity (Wildman–Crippen MR) is 83.3 cm³/mol. The minimum absolute atomic E-state index is 0. The Balaban J connectivity index is 0.00000400. The molecule has 115 valence electrons. The van der Waals surface area contributed by atoms with E-state index in [1.54, 1.807) is 0 Å². The Morgan fingerprint density at radius 3 is 2.38 bits per heavy atom. The molecular weight excluding hydrogens is 337 g/mol. The van der Waals surface area contributed by atoms with Crippen LogP contribution < -0.4 is 0 Å². The largest absolute Gasteiger partial charge is 0.464 e. The Morgan fingerprint density at radius 1 is 1.24 bits per heavy atom. The summed E-state index contributed by atoms with van der Waals surface area (Å²) in [5.41, 5.74) is 1.33. The second-order valence-corrected chi connectivity index (χ2v) is 6.33. The number of rotatable bonds is 7. The van der Waals surface area contributed by atoms with Crippen LogP contribution in [0.3, 0.4) is 0 Å². The van der Waals surface area contributed by atoms with Gasteiger partial charge < -0.3 is 11.2 Å². The van der Waals surface area contributed by atoms with E-state index in [1.807, 2.05) is 19.4 Å². The third-order valence-corrected chi connectivity index (χ3v) is 3.39. The number of hydrogen-bond donors (Lipinski definition) is 0. The summed E-state index contributed by atoms with van der Waals surface area (Å²) in [5.74, 6) is -0.118. The zero-order valence-corrected chi connectivity index (χ0v) is 16.6. The Hall–Kier alpha value is -0.206. The van der Waals surface area contributed by atoms with Crippen molar-refractivity contribution in [2.45, 2.75) is 59.5 Å². The van der Waals surface area contributed by atoms with Gasteiger partial charge in [0.05, 0.1) is 0 Å². The van der Waals surface area contributed by atoms with Crippen LogP contribution >= 0.6 is 0 Å². The molecule has 0 aliphatic carbocycles. The molecule has 0 N–H and O–H groups in total. The van der Waals surface area contributed by atoms with E-state index in [4.69, 9.17) is 4.74 Å². The molecule has 0 fully saturated rings. The van der Waals surface area contributed by atoms with Gasteiger partial charge in [-0.3, -0.25) is 4.79 Å². The predicted octanol–water partition coefficient (Wildman–Crippen LogP) is 4.58. The Bertz CT molecular complexity index is 395. The van der Waals surface area contributed by atoms with E-state index in [0.29, 0.717) is 6.42 Å². The van der Waals surface area contributed by atoms with Crippen molar-refractivity contribution in [3.05, 3.63) is 42.3 Å². The summed E-state index contributed by atoms with van der Waals surface area (Å²) in [4.78, 5) is 11.7. The normalized spacial score (nSPS) is 12.4. The number of aryl methyl sites for hydroxylation is 1. The van der Waals surface area contributed by atoms with Crippen LogP contribution in [0.4, 0.5) is 0 Å². The molecule has 3 heteroatoms. The summed E-state index contributed by atoms with van der Waals surface area (Å²) in [6.07, 6.45) is 5.20. The number of hydrogen-bond acceptors (Lipinski definition) is 2. The van der Waals surface area contributed by atoms with E-state index in [2.05, 4.69) is 45.0 Å². The number of carbonyl (C=O) groups is 1. The van der Waals surface area contributed by atoms with Gasteiger partial charge in [-0.2, -0.15) is 6.92 Å². The first-order valence-corrected chi connectivity index (χ1v) is 7.44. The monoisotopic (exact) mass is 364 g/mol. The summed E-state index contributed by atoms with van der Waals surface area (Å²) in [6, 6.07) is 10.4. The molecule has 0 aromatic heterocycles. The first-order chi connectivity index (χ1) is 9.43. The van der Waals surface area contributed by atoms with Crippen LogP contribution in [0.25, 0.3) is 0 Å². The van der Waals surface area contributed by atoms with Crippen molar-refractivity contribution in [1.29, 1.82) is 0 Å². The van der Waals surface area contributed by atoms with Crippen molar-refractivity contribution in [1.82, 2.24) is 0 Å². The third-order valence-electron chi connectivity index (χ3n) is 3.39. The van der Waals surface area contributed by atoms with Gasteiger partial charge in [-0.25, -0.2) is 0 Å². The van der Waals surface area contributed by atoms with Crippen molar-refractivity contribution in [3.8, 4) is 0 Å². The van der Waals surface area contributed by atoms with Crippen molar-refractivity contribution in [2.75, 3.05) is 0 Å². The molecule has 21 heavy (non-hydrogen) atoms. The average molecular weight is 364 g/mol. The van der Waals surface area contributed by atoms with Crippen molar-refractivity contribution >= 4 is 5.97 Å². The maximum absolute atomic E-state index is 11.7. The molecule has 0 saturated heterocycles. The fourth-order valence-corrected chi connectivity index (χ4v) is 2.18. The van der Waals surface area contributed by atoms with Crippen LogP contribution in [-0.2, 0) is 48.7 Å². The summed E-state index contributed by atoms with van der Waals surface area (Å²) in [5, 5.41) is 0. The molecule has 1 atom stereocenters. The van der Waals surface area contributed by atoms with Crippen LogP contribution in [0, 0.1) is 11.8 Å². The van der Waals surface area contributed by atoms with E-state index in [9.17, 15) is 4.79 Å². The molecule has 1 radical (unpaired) electrons. The summed E-state index contributed by atoms with van der Waals surface area (Å²) in [7, 11) is 0. The fraction of sp³-hybridized carbons (Fsp3) is 0.556. The second-order valence-electron chi connectivity index (χ2n) is 6.33. The molecule has 0 saturated carbocycles. The molecule has 0 unspecified atom stereocenters. The standard InChI is InChI=1S/C18H27O2.Y/c1-5-10-17(19)20-16(18(2,3)4)14-9-13-15-11-7-6-8-12-15;/h5-8,11-12,16H,9-10,13-14H2,1-4H3;/q-1;/t16-;/m1./s1. The Kier molecular flexibility index (Phi) is 10.4. The first-order valence-electron chi connectivity index (χ1n) is 7.44. The van der Waals surface area contributed by atoms with Crippen molar-refractivity contribution in [3.63, 3.8) is 0 Å². The molecule has 0 aliphatic rings. The minimum Gasteiger partial charge on any atom is -0.464 e. The van der Waals surface area contributed by atoms with Crippen LogP contribution in [-0.4, -0.2) is 12.1 Å². The van der Waals surface area contributed by atoms with Crippen LogP contribution in [0.2, 0.25) is 0 Å². The average Bonchev–Trinajstić information content (AvgIpc) is 2.38. The van der Waals surface area contributed by atoms with Crippen LogP contribution in [0.1, 0.15) is 52.5 Å². The zero-order valence-electron chi connectivity index (χ0n) is 13.8. The topological polar surface area (TPSA) is 26.3 Å². The van der Waals surface area contributed by atoms with E-state index in [1.165, 1.54) is 5.56 Å². The smallest absolute Gasteiger partial charge is 0.275 e. The SMILES string of the molecule is C[CH-]CC(=O)O[C@H](CCCc1ccccc1)C(C)(C)C.[Y]. The van der Waals surface area contributed by atoms with E-state index in [-0.39, 0.29) is 50.2 Å². The third kappa shape index (κ3) is 8.73. The van der Waals surface area contributed by atoms with Gasteiger partial charge in [0.15, 0.2) is 0 Å². The van der Waals surface area contributed by atoms with Gasteiger partial charge in [0.1, 0.15) is 6.10 Å². The first kappa shape index (κ1) is 20.8. The summed E-state index contributed by atoms with van der Waals surface area (Å²) < 4.78 is 5.62. The van der Waals surface area contributed by atoms with Crippen LogP contribution in [0.15, 0.2) is 30.3 Å². The minimum atomic E-state index is -0.118. The zero-order chi connectivity index (χ0) is 15.0. The number of esters is 1. The quantitative estimate of drug-likeness (QED) is 0.523. The van der Waals surface area contributed by atoms with E-state index < -0.39 is 0 Å². The number of carbonyl (C=O) groups excluding carboxylic acids is 1. The van der Waals surface area contributed by atoms with Gasteiger partial charge in [0.2, 0.25) is 0 Å². The van der Waals surface area contributed by atoms with Crippen molar-refractivity contribution < 1.29 is 42.2 Å². The van der Waals surface area contributed by atoms with Gasteiger partial charge in [-0.1, -0.05) is 57.5 Å². The molecule has 1 aromatic rings. The summed E-state index contributed by atoms with van der Waals surface area (Å²) >= 11 is 0. The summed E-state index contributed by atoms with van der Waals surface area (Å²) in [6.45, 7) is 8.26. The fourth-order valence-electron chi connectivity index (χ4n) is 2.18. The number of benzene rings is 1. The molecule has 2 nitrogen and oxygen atoms in total. The van der Waals surface area contributed by atoms with E-state index >= 15 is 0 Å². The second kappa shape index (κ2) is 10.5. The van der Waals surface area contributed by atoms with E-state index in [0.717, 1.165) is 19.3 Å². The maximum Gasteiger partial charge on any atom is 0.275 e. The van der Waals surface area contributed by atoms with Crippen molar-refractivity contribution in [2.24, 2.45) is 5.41 Å².